The Bertz CT molecular complexity index is 1210. The quantitative estimate of drug-likeness (QED) is 0.606. The van der Waals surface area contributed by atoms with E-state index in [-0.39, 0.29) is 23.6 Å². The van der Waals surface area contributed by atoms with E-state index in [9.17, 15) is 9.59 Å². The number of ether oxygens (including phenoxy) is 1. The molecular formula is C21H27N7O3. The van der Waals surface area contributed by atoms with Crippen LogP contribution in [0.1, 0.15) is 25.3 Å². The number of imidazole rings is 1. The molecule has 164 valence electrons. The molecule has 3 aromatic rings. The topological polar surface area (TPSA) is 99.2 Å². The van der Waals surface area contributed by atoms with E-state index in [0.717, 1.165) is 12.8 Å². The maximum Gasteiger partial charge on any atom is 0.277 e. The summed E-state index contributed by atoms with van der Waals surface area (Å²) in [6, 6.07) is 0.0488. The number of likely N-dealkylation sites (N-methyl/N-ethyl adjacent to an activating group) is 1. The van der Waals surface area contributed by atoms with Crippen molar-refractivity contribution in [2.24, 2.45) is 14.1 Å². The number of anilines is 2. The number of rotatable bonds is 6. The van der Waals surface area contributed by atoms with Gasteiger partial charge in [0.1, 0.15) is 16.7 Å². The Morgan fingerprint density at radius 1 is 1.32 bits per heavy atom. The first-order valence-corrected chi connectivity index (χ1v) is 10.1. The minimum Gasteiger partial charge on any atom is -0.478 e. The van der Waals surface area contributed by atoms with Gasteiger partial charge in [-0.25, -0.2) is 4.98 Å². The molecule has 1 saturated carbocycles. The van der Waals surface area contributed by atoms with Gasteiger partial charge in [0.15, 0.2) is 0 Å². The fourth-order valence-corrected chi connectivity index (χ4v) is 4.34. The molecule has 2 unspecified atom stereocenters. The Morgan fingerprint density at radius 2 is 2.10 bits per heavy atom. The molecule has 0 saturated heterocycles. The predicted molar refractivity (Wildman–Crippen MR) is 118 cm³/mol. The fourth-order valence-electron chi connectivity index (χ4n) is 4.34. The minimum absolute atomic E-state index is 0.0202. The van der Waals surface area contributed by atoms with Gasteiger partial charge in [0, 0.05) is 39.4 Å². The zero-order chi connectivity index (χ0) is 22.3. The molecule has 0 spiro atoms. The number of aromatic nitrogens is 5. The summed E-state index contributed by atoms with van der Waals surface area (Å²) in [5, 5.41) is 7.61. The third-order valence-corrected chi connectivity index (χ3v) is 6.00. The SMILES string of the molecule is C=CC(=O)N(C)C1CCC(n2cc(Nc3cn(C)nc3OC)c3ncn(C)c3c2=O)C1. The zero-order valence-electron chi connectivity index (χ0n) is 18.2. The van der Waals surface area contributed by atoms with Gasteiger partial charge in [-0.2, -0.15) is 0 Å². The highest BCUT2D eigenvalue weighted by atomic mass is 16.5. The summed E-state index contributed by atoms with van der Waals surface area (Å²) >= 11 is 0. The number of methoxy groups -OCH3 is 1. The van der Waals surface area contributed by atoms with Crippen LogP contribution in [0.3, 0.4) is 0 Å². The first kappa shape index (κ1) is 20.7. The van der Waals surface area contributed by atoms with Crippen LogP contribution < -0.4 is 15.6 Å². The Hall–Kier alpha value is -3.56. The lowest BCUT2D eigenvalue weighted by Crippen LogP contribution is -2.34. The van der Waals surface area contributed by atoms with Crippen molar-refractivity contribution in [1.29, 1.82) is 0 Å². The van der Waals surface area contributed by atoms with Crippen molar-refractivity contribution in [3.63, 3.8) is 0 Å². The first-order valence-electron chi connectivity index (χ1n) is 10.1. The Kier molecular flexibility index (Phi) is 5.30. The maximum atomic E-state index is 13.3. The number of hydrogen-bond acceptors (Lipinski definition) is 6. The highest BCUT2D eigenvalue weighted by Crippen LogP contribution is 2.34. The second-order valence-electron chi connectivity index (χ2n) is 7.93. The second kappa shape index (κ2) is 7.93. The molecule has 1 fully saturated rings. The number of carbonyl (C=O) groups excluding carboxylic acids is 1. The van der Waals surface area contributed by atoms with Gasteiger partial charge < -0.3 is 24.1 Å². The molecule has 0 bridgehead atoms. The zero-order valence-corrected chi connectivity index (χ0v) is 18.2. The number of hydrogen-bond donors (Lipinski definition) is 1. The van der Waals surface area contributed by atoms with Crippen molar-refractivity contribution in [2.75, 3.05) is 19.5 Å². The minimum atomic E-state index is -0.105. The average molecular weight is 425 g/mol. The average Bonchev–Trinajstić information content (AvgIpc) is 3.47. The smallest absolute Gasteiger partial charge is 0.277 e. The molecule has 10 heteroatoms. The lowest BCUT2D eigenvalue weighted by Gasteiger charge is -2.24. The molecule has 3 heterocycles. The van der Waals surface area contributed by atoms with Gasteiger partial charge in [0.2, 0.25) is 5.91 Å². The summed E-state index contributed by atoms with van der Waals surface area (Å²) < 4.78 is 10.5. The normalized spacial score (nSPS) is 18.3. The van der Waals surface area contributed by atoms with Crippen molar-refractivity contribution in [3.05, 3.63) is 41.7 Å². The molecule has 1 aliphatic carbocycles. The number of pyridine rings is 1. The predicted octanol–water partition coefficient (Wildman–Crippen LogP) is 1.96. The molecule has 31 heavy (non-hydrogen) atoms. The lowest BCUT2D eigenvalue weighted by molar-refractivity contribution is -0.126. The Labute approximate surface area is 179 Å². The third kappa shape index (κ3) is 3.58. The van der Waals surface area contributed by atoms with Gasteiger partial charge in [-0.3, -0.25) is 14.3 Å². The van der Waals surface area contributed by atoms with E-state index in [1.807, 2.05) is 26.5 Å². The maximum absolute atomic E-state index is 13.3. The monoisotopic (exact) mass is 425 g/mol. The highest BCUT2D eigenvalue weighted by molar-refractivity contribution is 5.90. The molecule has 3 aromatic heterocycles. The summed E-state index contributed by atoms with van der Waals surface area (Å²) in [5.41, 5.74) is 2.39. The van der Waals surface area contributed by atoms with E-state index in [1.165, 1.54) is 6.08 Å². The molecule has 0 aromatic carbocycles. The van der Waals surface area contributed by atoms with Gasteiger partial charge in [0.05, 0.1) is 25.3 Å². The van der Waals surface area contributed by atoms with Gasteiger partial charge in [-0.05, 0) is 25.3 Å². The largest absolute Gasteiger partial charge is 0.478 e. The van der Waals surface area contributed by atoms with Gasteiger partial charge in [-0.15, -0.1) is 5.10 Å². The summed E-state index contributed by atoms with van der Waals surface area (Å²) in [5.74, 6) is 0.348. The third-order valence-electron chi connectivity index (χ3n) is 6.00. The van der Waals surface area contributed by atoms with Crippen molar-refractivity contribution >= 4 is 28.3 Å². The molecule has 0 radical (unpaired) electrons. The van der Waals surface area contributed by atoms with Crippen LogP contribution in [-0.2, 0) is 18.9 Å². The van der Waals surface area contributed by atoms with Crippen LogP contribution in [0.4, 0.5) is 11.4 Å². The molecule has 1 amide bonds. The lowest BCUT2D eigenvalue weighted by atomic mass is 10.2. The molecule has 0 aliphatic heterocycles. The van der Waals surface area contributed by atoms with E-state index >= 15 is 0 Å². The van der Waals surface area contributed by atoms with E-state index in [2.05, 4.69) is 22.0 Å². The molecular weight excluding hydrogens is 398 g/mol. The second-order valence-corrected chi connectivity index (χ2v) is 7.93. The number of fused-ring (bicyclic) bond motifs is 1. The Morgan fingerprint density at radius 3 is 2.81 bits per heavy atom. The summed E-state index contributed by atoms with van der Waals surface area (Å²) in [7, 11) is 6.96. The molecule has 2 atom stereocenters. The van der Waals surface area contributed by atoms with Crippen molar-refractivity contribution in [1.82, 2.24) is 28.8 Å². The van der Waals surface area contributed by atoms with Crippen LogP contribution in [0, 0.1) is 0 Å². The van der Waals surface area contributed by atoms with E-state index in [4.69, 9.17) is 4.74 Å². The highest BCUT2D eigenvalue weighted by Gasteiger charge is 2.31. The van der Waals surface area contributed by atoms with Gasteiger partial charge in [-0.1, -0.05) is 6.58 Å². The first-order chi connectivity index (χ1) is 14.8. The fraction of sp³-hybridized carbons (Fsp3) is 0.429. The number of aryl methyl sites for hydroxylation is 2. The number of nitrogens with one attached hydrogen (secondary N) is 1. The van der Waals surface area contributed by atoms with Gasteiger partial charge >= 0.3 is 0 Å². The van der Waals surface area contributed by atoms with Crippen molar-refractivity contribution in [3.8, 4) is 5.88 Å². The van der Waals surface area contributed by atoms with E-state index < -0.39 is 0 Å². The van der Waals surface area contributed by atoms with Crippen molar-refractivity contribution < 1.29 is 9.53 Å². The summed E-state index contributed by atoms with van der Waals surface area (Å²) in [4.78, 5) is 31.5. The van der Waals surface area contributed by atoms with Crippen LogP contribution in [0.25, 0.3) is 11.0 Å². The summed E-state index contributed by atoms with van der Waals surface area (Å²) in [6.45, 7) is 3.57. The molecule has 10 nitrogen and oxygen atoms in total. The van der Waals surface area contributed by atoms with Crippen LogP contribution in [0.5, 0.6) is 5.88 Å². The number of carbonyl (C=O) groups is 1. The molecule has 1 aliphatic rings. The summed E-state index contributed by atoms with van der Waals surface area (Å²) in [6.07, 6.45) is 8.92. The van der Waals surface area contributed by atoms with Crippen LogP contribution >= 0.6 is 0 Å². The molecule has 4 rings (SSSR count). The number of amides is 1. The van der Waals surface area contributed by atoms with E-state index in [0.29, 0.717) is 34.7 Å². The van der Waals surface area contributed by atoms with Crippen molar-refractivity contribution in [2.45, 2.75) is 31.3 Å². The van der Waals surface area contributed by atoms with Crippen LogP contribution in [0.2, 0.25) is 0 Å². The van der Waals surface area contributed by atoms with Gasteiger partial charge in [0.25, 0.3) is 11.4 Å². The van der Waals surface area contributed by atoms with Crippen LogP contribution in [-0.4, -0.2) is 54.9 Å². The Balaban J connectivity index is 1.74. The van der Waals surface area contributed by atoms with E-state index in [1.54, 1.807) is 39.2 Å². The van der Waals surface area contributed by atoms with Crippen LogP contribution in [0.15, 0.2) is 36.2 Å². The molecule has 1 N–H and O–H groups in total. The standard InChI is InChI=1S/C21H27N7O3/c1-6-17(29)27(4)13-7-8-14(9-13)28-11-15(18-19(21(28)30)25(2)12-22-18)23-16-10-26(3)24-20(16)31-5/h6,10-14,23H,1,7-9H2,2-5H3. The number of nitrogens with zero attached hydrogens (tertiary/aromatic N) is 6.